The normalized spacial score (nSPS) is 10.2. The topological polar surface area (TPSA) is 102 Å². The van der Waals surface area contributed by atoms with Crippen molar-refractivity contribution in [1.82, 2.24) is 15.8 Å². The summed E-state index contributed by atoms with van der Waals surface area (Å²) in [7, 11) is 1.58. The number of hydrazine groups is 1. The van der Waals surface area contributed by atoms with Crippen LogP contribution in [0, 0.1) is 6.92 Å². The third kappa shape index (κ3) is 6.21. The van der Waals surface area contributed by atoms with E-state index < -0.39 is 11.8 Å². The maximum Gasteiger partial charge on any atom is 0.289 e. The van der Waals surface area contributed by atoms with Crippen molar-refractivity contribution in [3.05, 3.63) is 70.2 Å². The van der Waals surface area contributed by atoms with Crippen molar-refractivity contribution in [2.24, 2.45) is 0 Å². The molecule has 3 N–H and O–H groups in total. The van der Waals surface area contributed by atoms with Gasteiger partial charge in [-0.3, -0.25) is 20.4 Å². The lowest BCUT2D eigenvalue weighted by Crippen LogP contribution is -2.44. The van der Waals surface area contributed by atoms with Gasteiger partial charge in [-0.15, -0.1) is 11.3 Å². The number of carbonyl (C=O) groups excluding carboxylic acids is 2. The number of thiazole rings is 1. The number of hydrogen-bond donors (Lipinski definition) is 3. The Morgan fingerprint density at radius 3 is 2.40 bits per heavy atom. The van der Waals surface area contributed by atoms with Gasteiger partial charge in [-0.1, -0.05) is 17.7 Å². The van der Waals surface area contributed by atoms with Crippen molar-refractivity contribution in [3.63, 3.8) is 0 Å². The molecule has 0 spiro atoms. The number of anilines is 1. The highest BCUT2D eigenvalue weighted by atomic mass is 32.1. The minimum atomic E-state index is -0.495. The number of ether oxygens (including phenoxy) is 2. The van der Waals surface area contributed by atoms with E-state index in [1.165, 1.54) is 11.3 Å². The molecule has 0 fully saturated rings. The zero-order valence-corrected chi connectivity index (χ0v) is 17.4. The molecule has 0 aliphatic rings. The standard InChI is InChI=1S/C21H22N4O4S/c1-14-3-7-17(8-4-14)29-12-20-23-18(13-30-20)21(27)25-24-19(26)11-22-15-5-9-16(28-2)10-6-15/h3-10,13,22H,11-12H2,1-2H3,(H,24,26)(H,25,27). The Morgan fingerprint density at radius 1 is 1.00 bits per heavy atom. The lowest BCUT2D eigenvalue weighted by Gasteiger charge is -2.09. The van der Waals surface area contributed by atoms with Crippen LogP contribution < -0.4 is 25.6 Å². The Balaban J connectivity index is 1.40. The summed E-state index contributed by atoms with van der Waals surface area (Å²) in [6, 6.07) is 14.8. The first-order chi connectivity index (χ1) is 14.5. The molecule has 0 radical (unpaired) electrons. The Bertz CT molecular complexity index is 987. The summed E-state index contributed by atoms with van der Waals surface area (Å²) in [4.78, 5) is 28.3. The predicted octanol–water partition coefficient (Wildman–Crippen LogP) is 2.91. The SMILES string of the molecule is COc1ccc(NCC(=O)NNC(=O)c2csc(COc3ccc(C)cc3)n2)cc1. The first-order valence-electron chi connectivity index (χ1n) is 9.14. The van der Waals surface area contributed by atoms with Crippen LogP contribution in [0.5, 0.6) is 11.5 Å². The molecule has 9 heteroatoms. The first kappa shape index (κ1) is 21.1. The fraction of sp³-hybridized carbons (Fsp3) is 0.190. The number of aromatic nitrogens is 1. The second kappa shape index (κ2) is 10.3. The highest BCUT2D eigenvalue weighted by Crippen LogP contribution is 2.16. The lowest BCUT2D eigenvalue weighted by molar-refractivity contribution is -0.120. The molecule has 0 aliphatic heterocycles. The molecular formula is C21H22N4O4S. The van der Waals surface area contributed by atoms with E-state index in [0.717, 1.165) is 22.7 Å². The molecule has 1 heterocycles. The molecule has 0 saturated heterocycles. The molecule has 0 bridgehead atoms. The Labute approximate surface area is 178 Å². The van der Waals surface area contributed by atoms with Crippen LogP contribution in [-0.4, -0.2) is 30.5 Å². The maximum absolute atomic E-state index is 12.2. The van der Waals surface area contributed by atoms with E-state index in [1.807, 2.05) is 31.2 Å². The highest BCUT2D eigenvalue weighted by molar-refractivity contribution is 7.09. The molecule has 8 nitrogen and oxygen atoms in total. The van der Waals surface area contributed by atoms with Gasteiger partial charge < -0.3 is 14.8 Å². The smallest absolute Gasteiger partial charge is 0.289 e. The molecule has 0 atom stereocenters. The Kier molecular flexibility index (Phi) is 7.23. The van der Waals surface area contributed by atoms with E-state index in [2.05, 4.69) is 21.2 Å². The third-order valence-electron chi connectivity index (χ3n) is 4.03. The monoisotopic (exact) mass is 426 g/mol. The van der Waals surface area contributed by atoms with Gasteiger partial charge in [0, 0.05) is 11.1 Å². The molecule has 30 heavy (non-hydrogen) atoms. The minimum Gasteiger partial charge on any atom is -0.497 e. The van der Waals surface area contributed by atoms with Gasteiger partial charge in [-0.2, -0.15) is 0 Å². The fourth-order valence-electron chi connectivity index (χ4n) is 2.39. The van der Waals surface area contributed by atoms with Crippen LogP contribution in [0.3, 0.4) is 0 Å². The van der Waals surface area contributed by atoms with Gasteiger partial charge in [0.05, 0.1) is 13.7 Å². The second-order valence-electron chi connectivity index (χ2n) is 6.31. The van der Waals surface area contributed by atoms with Gasteiger partial charge in [0.1, 0.15) is 28.8 Å². The summed E-state index contributed by atoms with van der Waals surface area (Å²) < 4.78 is 10.7. The van der Waals surface area contributed by atoms with Crippen LogP contribution in [0.2, 0.25) is 0 Å². The van der Waals surface area contributed by atoms with E-state index in [-0.39, 0.29) is 18.8 Å². The summed E-state index contributed by atoms with van der Waals surface area (Å²) in [6.45, 7) is 2.27. The van der Waals surface area contributed by atoms with Crippen molar-refractivity contribution < 1.29 is 19.1 Å². The second-order valence-corrected chi connectivity index (χ2v) is 7.26. The van der Waals surface area contributed by atoms with Crippen LogP contribution >= 0.6 is 11.3 Å². The van der Waals surface area contributed by atoms with Gasteiger partial charge >= 0.3 is 0 Å². The van der Waals surface area contributed by atoms with E-state index in [4.69, 9.17) is 9.47 Å². The van der Waals surface area contributed by atoms with Crippen molar-refractivity contribution in [1.29, 1.82) is 0 Å². The first-order valence-corrected chi connectivity index (χ1v) is 10.0. The van der Waals surface area contributed by atoms with Crippen molar-refractivity contribution >= 4 is 28.8 Å². The molecule has 0 aliphatic carbocycles. The minimum absolute atomic E-state index is 0.000680. The maximum atomic E-state index is 12.2. The molecular weight excluding hydrogens is 404 g/mol. The number of nitrogens with zero attached hydrogens (tertiary/aromatic N) is 1. The molecule has 2 amide bonds. The van der Waals surface area contributed by atoms with Gasteiger partial charge in [-0.25, -0.2) is 4.98 Å². The number of amides is 2. The van der Waals surface area contributed by atoms with Crippen molar-refractivity contribution in [2.45, 2.75) is 13.5 Å². The Hall–Kier alpha value is -3.59. The summed E-state index contributed by atoms with van der Waals surface area (Å²) >= 11 is 1.31. The van der Waals surface area contributed by atoms with Crippen molar-refractivity contribution in [2.75, 3.05) is 19.0 Å². The van der Waals surface area contributed by atoms with Gasteiger partial charge in [0.15, 0.2) is 0 Å². The average molecular weight is 426 g/mol. The number of aryl methyl sites for hydroxylation is 1. The quantitative estimate of drug-likeness (QED) is 0.479. The fourth-order valence-corrected chi connectivity index (χ4v) is 3.07. The number of carbonyl (C=O) groups is 2. The number of methoxy groups -OCH3 is 1. The summed E-state index contributed by atoms with van der Waals surface area (Å²) in [6.07, 6.45) is 0. The molecule has 0 unspecified atom stereocenters. The summed E-state index contributed by atoms with van der Waals surface area (Å²) in [5.74, 6) is 0.575. The zero-order valence-electron chi connectivity index (χ0n) is 16.6. The van der Waals surface area contributed by atoms with Crippen LogP contribution in [0.25, 0.3) is 0 Å². The lowest BCUT2D eigenvalue weighted by atomic mass is 10.2. The Morgan fingerprint density at radius 2 is 1.70 bits per heavy atom. The molecule has 3 aromatic rings. The van der Waals surface area contributed by atoms with Crippen LogP contribution in [-0.2, 0) is 11.4 Å². The predicted molar refractivity (Wildman–Crippen MR) is 115 cm³/mol. The van der Waals surface area contributed by atoms with E-state index in [1.54, 1.807) is 36.8 Å². The summed E-state index contributed by atoms with van der Waals surface area (Å²) in [5.41, 5.74) is 6.83. The van der Waals surface area contributed by atoms with Gasteiger partial charge in [0.25, 0.3) is 11.8 Å². The number of hydrogen-bond acceptors (Lipinski definition) is 7. The van der Waals surface area contributed by atoms with Gasteiger partial charge in [-0.05, 0) is 43.3 Å². The molecule has 3 rings (SSSR count). The van der Waals surface area contributed by atoms with E-state index >= 15 is 0 Å². The van der Waals surface area contributed by atoms with Crippen LogP contribution in [0.4, 0.5) is 5.69 Å². The largest absolute Gasteiger partial charge is 0.497 e. The molecule has 1 aromatic heterocycles. The summed E-state index contributed by atoms with van der Waals surface area (Å²) in [5, 5.41) is 5.23. The van der Waals surface area contributed by atoms with Crippen LogP contribution in [0.15, 0.2) is 53.9 Å². The zero-order chi connectivity index (χ0) is 21.3. The number of benzene rings is 2. The molecule has 156 valence electrons. The van der Waals surface area contributed by atoms with Crippen LogP contribution in [0.1, 0.15) is 21.1 Å². The highest BCUT2D eigenvalue weighted by Gasteiger charge is 2.12. The van der Waals surface area contributed by atoms with Gasteiger partial charge in [0.2, 0.25) is 0 Å². The molecule has 0 saturated carbocycles. The van der Waals surface area contributed by atoms with E-state index in [9.17, 15) is 9.59 Å². The number of nitrogens with one attached hydrogen (secondary N) is 3. The average Bonchev–Trinajstić information content (AvgIpc) is 3.25. The third-order valence-corrected chi connectivity index (χ3v) is 4.85. The van der Waals surface area contributed by atoms with E-state index in [0.29, 0.717) is 5.01 Å². The van der Waals surface area contributed by atoms with Crippen molar-refractivity contribution in [3.8, 4) is 11.5 Å². The molecule has 2 aromatic carbocycles. The number of rotatable bonds is 8.